The summed E-state index contributed by atoms with van der Waals surface area (Å²) in [6.07, 6.45) is -5.26. The molecule has 8 heteroatoms. The number of aldehydes is 2. The van der Waals surface area contributed by atoms with Crippen molar-refractivity contribution in [3.05, 3.63) is 0 Å². The number of aliphatic hydroxyl groups excluding tert-OH is 6. The first-order valence-corrected chi connectivity index (χ1v) is 4.29. The second-order valence-corrected chi connectivity index (χ2v) is 2.75. The Morgan fingerprint density at radius 1 is 0.750 bits per heavy atom. The molecule has 0 radical (unpaired) electrons. The van der Waals surface area contributed by atoms with E-state index in [1.807, 2.05) is 0 Å². The van der Waals surface area contributed by atoms with Crippen LogP contribution in [0.4, 0.5) is 0 Å². The smallest absolute Gasteiger partial charge is 0.151 e. The van der Waals surface area contributed by atoms with Crippen molar-refractivity contribution >= 4 is 12.6 Å². The Labute approximate surface area is 91.4 Å². The average molecular weight is 240 g/mol. The first-order valence-electron chi connectivity index (χ1n) is 4.29. The van der Waals surface area contributed by atoms with Gasteiger partial charge in [-0.25, -0.2) is 0 Å². The van der Waals surface area contributed by atoms with Crippen LogP contribution in [0.3, 0.4) is 0 Å². The Kier molecular flexibility index (Phi) is 11.6. The third-order valence-electron chi connectivity index (χ3n) is 1.44. The summed E-state index contributed by atoms with van der Waals surface area (Å²) in [6.45, 7) is -1.19. The molecule has 0 bridgehead atoms. The minimum atomic E-state index is -1.46. The molecule has 0 aliphatic rings. The van der Waals surface area contributed by atoms with Crippen LogP contribution in [0.25, 0.3) is 0 Å². The van der Waals surface area contributed by atoms with Gasteiger partial charge >= 0.3 is 0 Å². The maximum atomic E-state index is 9.58. The highest BCUT2D eigenvalue weighted by Gasteiger charge is 2.12. The average Bonchev–Trinajstić information content (AvgIpc) is 2.35. The lowest BCUT2D eigenvalue weighted by Crippen LogP contribution is -2.30. The fourth-order valence-corrected chi connectivity index (χ4v) is 0.397. The standard InChI is InChI=1S/2C4H8O4/c2*5-1-3(7)4(8)2-6/h2*1,3-4,6-8H,2H2. The number of hydrogen-bond donors (Lipinski definition) is 6. The second-order valence-electron chi connectivity index (χ2n) is 2.75. The maximum absolute atomic E-state index is 9.58. The monoisotopic (exact) mass is 240 g/mol. The lowest BCUT2D eigenvalue weighted by Gasteiger charge is -2.06. The van der Waals surface area contributed by atoms with E-state index in [0.29, 0.717) is 0 Å². The molecule has 0 heterocycles. The van der Waals surface area contributed by atoms with Gasteiger partial charge in [0.1, 0.15) is 24.4 Å². The van der Waals surface area contributed by atoms with E-state index in [1.165, 1.54) is 0 Å². The number of aliphatic hydroxyl groups is 6. The molecular weight excluding hydrogens is 224 g/mol. The SMILES string of the molecule is O=CC(O)C(O)CO.O=CC(O)C(O)CO. The summed E-state index contributed by atoms with van der Waals surface area (Å²) in [5, 5.41) is 49.6. The highest BCUT2D eigenvalue weighted by Crippen LogP contribution is 1.86. The van der Waals surface area contributed by atoms with Gasteiger partial charge in [-0.05, 0) is 0 Å². The number of rotatable bonds is 6. The van der Waals surface area contributed by atoms with Crippen LogP contribution < -0.4 is 0 Å². The van der Waals surface area contributed by atoms with Gasteiger partial charge in [-0.1, -0.05) is 0 Å². The molecule has 0 saturated carbocycles. The van der Waals surface area contributed by atoms with Gasteiger partial charge in [0, 0.05) is 0 Å². The topological polar surface area (TPSA) is 156 Å². The van der Waals surface area contributed by atoms with E-state index in [9.17, 15) is 9.59 Å². The van der Waals surface area contributed by atoms with Crippen molar-refractivity contribution in [2.75, 3.05) is 13.2 Å². The quantitative estimate of drug-likeness (QED) is 0.255. The zero-order chi connectivity index (χ0) is 13.1. The minimum Gasteiger partial charge on any atom is -0.394 e. The van der Waals surface area contributed by atoms with E-state index in [4.69, 9.17) is 30.6 Å². The normalized spacial score (nSPS) is 17.4. The molecule has 0 spiro atoms. The van der Waals surface area contributed by atoms with Crippen LogP contribution in [-0.2, 0) is 9.59 Å². The lowest BCUT2D eigenvalue weighted by molar-refractivity contribution is -0.122. The molecule has 0 aliphatic carbocycles. The molecule has 0 aromatic heterocycles. The lowest BCUT2D eigenvalue weighted by atomic mass is 10.2. The third-order valence-corrected chi connectivity index (χ3v) is 1.44. The van der Waals surface area contributed by atoms with Crippen LogP contribution in [0, 0.1) is 0 Å². The number of carbonyl (C=O) groups is 2. The van der Waals surface area contributed by atoms with Crippen LogP contribution in [0.15, 0.2) is 0 Å². The molecule has 4 atom stereocenters. The van der Waals surface area contributed by atoms with Crippen molar-refractivity contribution in [1.29, 1.82) is 0 Å². The molecule has 96 valence electrons. The first-order chi connectivity index (χ1) is 7.44. The summed E-state index contributed by atoms with van der Waals surface area (Å²) in [7, 11) is 0. The predicted octanol–water partition coefficient (Wildman–Crippen LogP) is -4.20. The molecule has 6 N–H and O–H groups in total. The Balaban J connectivity index is 0. The molecule has 0 aromatic carbocycles. The Bertz CT molecular complexity index is 165. The molecule has 0 fully saturated rings. The number of carbonyl (C=O) groups excluding carboxylic acids is 2. The van der Waals surface area contributed by atoms with Crippen molar-refractivity contribution < 1.29 is 40.2 Å². The fourth-order valence-electron chi connectivity index (χ4n) is 0.397. The van der Waals surface area contributed by atoms with Crippen LogP contribution in [0.1, 0.15) is 0 Å². The Morgan fingerprint density at radius 2 is 1.00 bits per heavy atom. The van der Waals surface area contributed by atoms with E-state index in [-0.39, 0.29) is 12.6 Å². The summed E-state index contributed by atoms with van der Waals surface area (Å²) < 4.78 is 0. The van der Waals surface area contributed by atoms with Crippen LogP contribution in [-0.4, -0.2) is 80.8 Å². The zero-order valence-corrected chi connectivity index (χ0v) is 8.38. The van der Waals surface area contributed by atoms with Gasteiger partial charge < -0.3 is 40.2 Å². The highest BCUT2D eigenvalue weighted by molar-refractivity contribution is 5.56. The van der Waals surface area contributed by atoms with Gasteiger partial charge in [0.2, 0.25) is 0 Å². The second kappa shape index (κ2) is 10.6. The maximum Gasteiger partial charge on any atom is 0.151 e. The van der Waals surface area contributed by atoms with Crippen molar-refractivity contribution in [2.24, 2.45) is 0 Å². The van der Waals surface area contributed by atoms with Crippen LogP contribution in [0.2, 0.25) is 0 Å². The van der Waals surface area contributed by atoms with Gasteiger partial charge in [0.15, 0.2) is 12.6 Å². The summed E-state index contributed by atoms with van der Waals surface area (Å²) in [6, 6.07) is 0. The van der Waals surface area contributed by atoms with Gasteiger partial charge in [-0.15, -0.1) is 0 Å². The van der Waals surface area contributed by atoms with Crippen molar-refractivity contribution in [3.63, 3.8) is 0 Å². The van der Waals surface area contributed by atoms with Crippen LogP contribution >= 0.6 is 0 Å². The molecule has 8 nitrogen and oxygen atoms in total. The summed E-state index contributed by atoms with van der Waals surface area (Å²) in [5.74, 6) is 0. The molecule has 0 aliphatic heterocycles. The van der Waals surface area contributed by atoms with Crippen molar-refractivity contribution in [1.82, 2.24) is 0 Å². The molecule has 0 rings (SSSR count). The van der Waals surface area contributed by atoms with Crippen molar-refractivity contribution in [2.45, 2.75) is 24.4 Å². The highest BCUT2D eigenvalue weighted by atomic mass is 16.4. The fraction of sp³-hybridized carbons (Fsp3) is 0.750. The van der Waals surface area contributed by atoms with E-state index < -0.39 is 37.6 Å². The van der Waals surface area contributed by atoms with Gasteiger partial charge in [0.25, 0.3) is 0 Å². The van der Waals surface area contributed by atoms with Gasteiger partial charge in [0.05, 0.1) is 13.2 Å². The van der Waals surface area contributed by atoms with Gasteiger partial charge in [-0.2, -0.15) is 0 Å². The third kappa shape index (κ3) is 8.41. The van der Waals surface area contributed by atoms with E-state index in [1.54, 1.807) is 0 Å². The Morgan fingerprint density at radius 3 is 1.06 bits per heavy atom. The molecule has 0 saturated heterocycles. The van der Waals surface area contributed by atoms with E-state index >= 15 is 0 Å². The van der Waals surface area contributed by atoms with E-state index in [2.05, 4.69) is 0 Å². The van der Waals surface area contributed by atoms with Crippen molar-refractivity contribution in [3.8, 4) is 0 Å². The molecule has 4 unspecified atom stereocenters. The first kappa shape index (κ1) is 17.5. The summed E-state index contributed by atoms with van der Waals surface area (Å²) in [4.78, 5) is 19.2. The molecule has 0 aromatic rings. The number of hydrogen-bond acceptors (Lipinski definition) is 8. The Hall–Kier alpha value is -0.900. The molecule has 0 amide bonds. The largest absolute Gasteiger partial charge is 0.394 e. The molecule has 16 heavy (non-hydrogen) atoms. The summed E-state index contributed by atoms with van der Waals surface area (Å²) in [5.41, 5.74) is 0. The van der Waals surface area contributed by atoms with E-state index in [0.717, 1.165) is 0 Å². The zero-order valence-electron chi connectivity index (χ0n) is 8.38. The minimum absolute atomic E-state index is 0.168. The summed E-state index contributed by atoms with van der Waals surface area (Å²) >= 11 is 0. The predicted molar refractivity (Wildman–Crippen MR) is 50.3 cm³/mol. The van der Waals surface area contributed by atoms with Gasteiger partial charge in [-0.3, -0.25) is 0 Å². The van der Waals surface area contributed by atoms with Crippen LogP contribution in [0.5, 0.6) is 0 Å². The molecular formula is C8H16O8.